The van der Waals surface area contributed by atoms with E-state index in [9.17, 15) is 0 Å². The van der Waals surface area contributed by atoms with Crippen LogP contribution in [0.25, 0.3) is 0 Å². The fraction of sp³-hybridized carbons (Fsp3) is 0.750. The molecular weight excluding hydrogens is 262 g/mol. The van der Waals surface area contributed by atoms with Crippen LogP contribution in [0.4, 0.5) is 11.9 Å². The van der Waals surface area contributed by atoms with E-state index in [1.807, 2.05) is 18.7 Å². The monoisotopic (exact) mass is 283 g/mol. The first kappa shape index (κ1) is 14.2. The van der Waals surface area contributed by atoms with Crippen molar-refractivity contribution in [2.24, 2.45) is 0 Å². The molecule has 1 aromatic rings. The Balaban J connectivity index is 2.17. The van der Waals surface area contributed by atoms with Crippen molar-refractivity contribution in [1.29, 1.82) is 0 Å². The molecule has 0 aromatic carbocycles. The van der Waals surface area contributed by atoms with Gasteiger partial charge >= 0.3 is 6.01 Å². The number of hydrogen-bond acceptors (Lipinski definition) is 7. The van der Waals surface area contributed by atoms with Gasteiger partial charge in [0, 0.05) is 31.1 Å². The first-order valence-electron chi connectivity index (χ1n) is 6.79. The van der Waals surface area contributed by atoms with Gasteiger partial charge in [-0.15, -0.1) is 0 Å². The summed E-state index contributed by atoms with van der Waals surface area (Å²) < 4.78 is 5.54. The van der Waals surface area contributed by atoms with Gasteiger partial charge in [-0.05, 0) is 13.3 Å². The number of thioether (sulfide) groups is 1. The maximum absolute atomic E-state index is 5.54. The minimum atomic E-state index is 0.418. The summed E-state index contributed by atoms with van der Waals surface area (Å²) in [6, 6.07) is 0.418. The number of aromatic nitrogens is 3. The number of hydrogen-bond donors (Lipinski definition) is 1. The summed E-state index contributed by atoms with van der Waals surface area (Å²) in [5.41, 5.74) is 0. The highest BCUT2D eigenvalue weighted by atomic mass is 32.2. The van der Waals surface area contributed by atoms with Gasteiger partial charge in [0.15, 0.2) is 0 Å². The Kier molecular flexibility index (Phi) is 5.50. The molecule has 0 saturated carbocycles. The lowest BCUT2D eigenvalue weighted by Crippen LogP contribution is -2.34. The second-order valence-corrected chi connectivity index (χ2v) is 5.44. The lowest BCUT2D eigenvalue weighted by atomic mass is 10.5. The summed E-state index contributed by atoms with van der Waals surface area (Å²) in [5, 5.41) is 3.13. The van der Waals surface area contributed by atoms with Gasteiger partial charge in [-0.25, -0.2) is 0 Å². The molecule has 0 radical (unpaired) electrons. The Morgan fingerprint density at radius 1 is 1.21 bits per heavy atom. The molecule has 19 heavy (non-hydrogen) atoms. The van der Waals surface area contributed by atoms with Crippen molar-refractivity contribution in [2.75, 3.05) is 48.0 Å². The molecule has 1 aliphatic rings. The van der Waals surface area contributed by atoms with Crippen molar-refractivity contribution in [3.05, 3.63) is 0 Å². The quantitative estimate of drug-likeness (QED) is 0.851. The summed E-state index contributed by atoms with van der Waals surface area (Å²) in [6.45, 7) is 7.46. The van der Waals surface area contributed by atoms with E-state index in [-0.39, 0.29) is 0 Å². The second-order valence-electron chi connectivity index (χ2n) is 4.22. The van der Waals surface area contributed by atoms with E-state index in [1.165, 1.54) is 0 Å². The van der Waals surface area contributed by atoms with E-state index in [2.05, 4.69) is 32.1 Å². The van der Waals surface area contributed by atoms with Gasteiger partial charge in [0.05, 0.1) is 6.61 Å². The first-order chi connectivity index (χ1) is 9.33. The topological polar surface area (TPSA) is 63.2 Å². The molecule has 6 nitrogen and oxygen atoms in total. The molecule has 1 aliphatic heterocycles. The minimum absolute atomic E-state index is 0.418. The average Bonchev–Trinajstić information content (AvgIpc) is 2.46. The lowest BCUT2D eigenvalue weighted by Gasteiger charge is -2.26. The summed E-state index contributed by atoms with van der Waals surface area (Å²) in [6.07, 6.45) is 0.942. The Morgan fingerprint density at radius 3 is 2.68 bits per heavy atom. The highest BCUT2D eigenvalue weighted by Gasteiger charge is 2.16. The van der Waals surface area contributed by atoms with E-state index in [0.717, 1.165) is 43.5 Å². The van der Waals surface area contributed by atoms with Crippen LogP contribution in [0.5, 0.6) is 6.01 Å². The molecule has 7 heteroatoms. The second kappa shape index (κ2) is 7.37. The molecule has 2 rings (SSSR count). The molecule has 2 heterocycles. The largest absolute Gasteiger partial charge is 0.463 e. The van der Waals surface area contributed by atoms with Gasteiger partial charge < -0.3 is 15.0 Å². The van der Waals surface area contributed by atoms with Crippen LogP contribution >= 0.6 is 11.8 Å². The third kappa shape index (κ3) is 4.12. The number of rotatable bonds is 6. The lowest BCUT2D eigenvalue weighted by molar-refractivity contribution is 0.292. The molecule has 0 atom stereocenters. The van der Waals surface area contributed by atoms with Gasteiger partial charge in [-0.1, -0.05) is 6.92 Å². The van der Waals surface area contributed by atoms with Gasteiger partial charge in [-0.3, -0.25) is 0 Å². The summed E-state index contributed by atoms with van der Waals surface area (Å²) in [4.78, 5) is 15.3. The molecule has 106 valence electrons. The molecule has 0 aliphatic carbocycles. The Morgan fingerprint density at radius 2 is 2.00 bits per heavy atom. The zero-order valence-electron chi connectivity index (χ0n) is 11.6. The van der Waals surface area contributed by atoms with Gasteiger partial charge in [-0.2, -0.15) is 26.7 Å². The Labute approximate surface area is 118 Å². The van der Waals surface area contributed by atoms with E-state index < -0.39 is 0 Å². The maximum atomic E-state index is 5.54. The van der Waals surface area contributed by atoms with Crippen LogP contribution < -0.4 is 15.0 Å². The predicted molar refractivity (Wildman–Crippen MR) is 79.3 cm³/mol. The third-order valence-corrected chi connectivity index (χ3v) is 3.61. The van der Waals surface area contributed by atoms with E-state index in [1.54, 1.807) is 0 Å². The van der Waals surface area contributed by atoms with Crippen molar-refractivity contribution < 1.29 is 4.74 Å². The van der Waals surface area contributed by atoms with Crippen LogP contribution in [0.2, 0.25) is 0 Å². The van der Waals surface area contributed by atoms with Crippen LogP contribution in [0, 0.1) is 0 Å². The third-order valence-electron chi connectivity index (χ3n) is 2.67. The average molecular weight is 283 g/mol. The zero-order chi connectivity index (χ0) is 13.5. The summed E-state index contributed by atoms with van der Waals surface area (Å²) >= 11 is 1.97. The Bertz CT molecular complexity index is 398. The predicted octanol–water partition coefficient (Wildman–Crippen LogP) is 1.65. The summed E-state index contributed by atoms with van der Waals surface area (Å²) in [7, 11) is 0. The maximum Gasteiger partial charge on any atom is 0.323 e. The van der Waals surface area contributed by atoms with Gasteiger partial charge in [0.2, 0.25) is 11.9 Å². The normalized spacial score (nSPS) is 15.4. The van der Waals surface area contributed by atoms with Crippen molar-refractivity contribution in [3.63, 3.8) is 0 Å². The van der Waals surface area contributed by atoms with Crippen molar-refractivity contribution in [3.8, 4) is 6.01 Å². The van der Waals surface area contributed by atoms with Crippen LogP contribution in [0.15, 0.2) is 0 Å². The summed E-state index contributed by atoms with van der Waals surface area (Å²) in [5.74, 6) is 3.55. The number of anilines is 2. The van der Waals surface area contributed by atoms with Crippen molar-refractivity contribution >= 4 is 23.7 Å². The SMILES string of the molecule is CCCOc1nc(NCC)nc(N2CCSCC2)n1. The van der Waals surface area contributed by atoms with Crippen molar-refractivity contribution in [2.45, 2.75) is 20.3 Å². The van der Waals surface area contributed by atoms with Crippen LogP contribution in [0.1, 0.15) is 20.3 Å². The minimum Gasteiger partial charge on any atom is -0.463 e. The fourth-order valence-corrected chi connectivity index (χ4v) is 2.65. The highest BCUT2D eigenvalue weighted by Crippen LogP contribution is 2.19. The van der Waals surface area contributed by atoms with E-state index >= 15 is 0 Å². The molecular formula is C12H21N5OS. The van der Waals surface area contributed by atoms with Crippen molar-refractivity contribution in [1.82, 2.24) is 15.0 Å². The highest BCUT2D eigenvalue weighted by molar-refractivity contribution is 7.99. The fourth-order valence-electron chi connectivity index (χ4n) is 1.75. The number of nitrogens with one attached hydrogen (secondary N) is 1. The number of nitrogens with zero attached hydrogens (tertiary/aromatic N) is 4. The molecule has 0 unspecified atom stereocenters. The van der Waals surface area contributed by atoms with Crippen LogP contribution in [0.3, 0.4) is 0 Å². The standard InChI is InChI=1S/C12H21N5OS/c1-3-7-18-12-15-10(13-4-2)14-11(16-12)17-5-8-19-9-6-17/h3-9H2,1-2H3,(H,13,14,15,16). The zero-order valence-corrected chi connectivity index (χ0v) is 12.4. The molecule has 0 bridgehead atoms. The van der Waals surface area contributed by atoms with E-state index in [0.29, 0.717) is 18.6 Å². The van der Waals surface area contributed by atoms with Gasteiger partial charge in [0.1, 0.15) is 0 Å². The van der Waals surface area contributed by atoms with Gasteiger partial charge in [0.25, 0.3) is 0 Å². The molecule has 1 N–H and O–H groups in total. The molecule has 1 saturated heterocycles. The molecule has 1 aromatic heterocycles. The number of ether oxygens (including phenoxy) is 1. The Hall–Kier alpha value is -1.24. The van der Waals surface area contributed by atoms with E-state index in [4.69, 9.17) is 4.74 Å². The van der Waals surface area contributed by atoms with Crippen LogP contribution in [-0.4, -0.2) is 52.7 Å². The first-order valence-corrected chi connectivity index (χ1v) is 7.94. The smallest absolute Gasteiger partial charge is 0.323 e. The molecule has 1 fully saturated rings. The molecule has 0 spiro atoms. The van der Waals surface area contributed by atoms with Crippen LogP contribution in [-0.2, 0) is 0 Å². The molecule has 0 amide bonds.